The van der Waals surface area contributed by atoms with Crippen LogP contribution in [0.1, 0.15) is 18.6 Å². The summed E-state index contributed by atoms with van der Waals surface area (Å²) in [7, 11) is 1.64. The van der Waals surface area contributed by atoms with Gasteiger partial charge in [0.05, 0.1) is 7.11 Å². The Balaban J connectivity index is 2.23. The van der Waals surface area contributed by atoms with Gasteiger partial charge in [-0.25, -0.2) is 0 Å². The molecule has 0 saturated carbocycles. The van der Waals surface area contributed by atoms with E-state index in [2.05, 4.69) is 15.9 Å². The summed E-state index contributed by atoms with van der Waals surface area (Å²) in [5, 5.41) is 0. The zero-order valence-corrected chi connectivity index (χ0v) is 13.1. The Bertz CT molecular complexity index is 555. The van der Waals surface area contributed by atoms with E-state index in [-0.39, 0.29) is 12.1 Å². The van der Waals surface area contributed by atoms with Crippen molar-refractivity contribution in [2.75, 3.05) is 7.11 Å². The molecule has 2 unspecified atom stereocenters. The van der Waals surface area contributed by atoms with Crippen LogP contribution in [0.15, 0.2) is 53.0 Å². The van der Waals surface area contributed by atoms with Gasteiger partial charge in [-0.1, -0.05) is 34.1 Å². The molecule has 2 rings (SSSR count). The van der Waals surface area contributed by atoms with Crippen LogP contribution in [-0.2, 0) is 0 Å². The van der Waals surface area contributed by atoms with Gasteiger partial charge in [-0.2, -0.15) is 0 Å². The molecule has 3 nitrogen and oxygen atoms in total. The van der Waals surface area contributed by atoms with Gasteiger partial charge in [0, 0.05) is 16.1 Å². The van der Waals surface area contributed by atoms with Crippen molar-refractivity contribution in [3.05, 3.63) is 58.6 Å². The van der Waals surface area contributed by atoms with Crippen molar-refractivity contribution < 1.29 is 9.47 Å². The molecule has 2 aromatic carbocycles. The zero-order valence-electron chi connectivity index (χ0n) is 11.5. The van der Waals surface area contributed by atoms with Crippen LogP contribution in [0.5, 0.6) is 11.5 Å². The van der Waals surface area contributed by atoms with Gasteiger partial charge in [-0.15, -0.1) is 0 Å². The van der Waals surface area contributed by atoms with Gasteiger partial charge in [-0.05, 0) is 37.3 Å². The maximum atomic E-state index is 6.07. The topological polar surface area (TPSA) is 44.5 Å². The third-order valence-corrected chi connectivity index (χ3v) is 3.73. The van der Waals surface area contributed by atoms with E-state index in [1.807, 2.05) is 55.5 Å². The molecule has 20 heavy (non-hydrogen) atoms. The number of nitrogens with two attached hydrogens (primary N) is 1. The molecule has 0 heterocycles. The van der Waals surface area contributed by atoms with Crippen molar-refractivity contribution in [1.82, 2.24) is 0 Å². The largest absolute Gasteiger partial charge is 0.497 e. The van der Waals surface area contributed by atoms with Gasteiger partial charge >= 0.3 is 0 Å². The summed E-state index contributed by atoms with van der Waals surface area (Å²) in [6, 6.07) is 15.3. The number of halogens is 1. The van der Waals surface area contributed by atoms with Crippen molar-refractivity contribution in [1.29, 1.82) is 0 Å². The molecular formula is C16H18BrNO2. The van der Waals surface area contributed by atoms with Crippen LogP contribution in [0.25, 0.3) is 0 Å². The average Bonchev–Trinajstić information content (AvgIpc) is 2.46. The van der Waals surface area contributed by atoms with Gasteiger partial charge < -0.3 is 15.2 Å². The monoisotopic (exact) mass is 335 g/mol. The minimum atomic E-state index is -0.209. The third kappa shape index (κ3) is 3.52. The fraction of sp³-hybridized carbons (Fsp3) is 0.250. The molecule has 106 valence electrons. The van der Waals surface area contributed by atoms with Crippen molar-refractivity contribution in [3.8, 4) is 11.5 Å². The molecule has 0 radical (unpaired) electrons. The second-order valence-electron chi connectivity index (χ2n) is 4.59. The number of hydrogen-bond donors (Lipinski definition) is 1. The fourth-order valence-electron chi connectivity index (χ4n) is 1.96. The van der Waals surface area contributed by atoms with Gasteiger partial charge in [0.25, 0.3) is 0 Å². The summed E-state index contributed by atoms with van der Waals surface area (Å²) in [6.07, 6.45) is -0.209. The number of hydrogen-bond acceptors (Lipinski definition) is 3. The first-order chi connectivity index (χ1) is 9.61. The molecule has 0 saturated heterocycles. The van der Waals surface area contributed by atoms with E-state index in [4.69, 9.17) is 15.2 Å². The highest BCUT2D eigenvalue weighted by Crippen LogP contribution is 2.30. The summed E-state index contributed by atoms with van der Waals surface area (Å²) < 4.78 is 12.2. The van der Waals surface area contributed by atoms with E-state index in [1.165, 1.54) is 0 Å². The highest BCUT2D eigenvalue weighted by Gasteiger charge is 2.20. The minimum absolute atomic E-state index is 0.129. The SMILES string of the molecule is COc1ccc(OC(c2ccccc2Br)C(C)N)cc1. The van der Waals surface area contributed by atoms with E-state index in [0.29, 0.717) is 0 Å². The fourth-order valence-corrected chi connectivity index (χ4v) is 2.47. The van der Waals surface area contributed by atoms with Crippen molar-refractivity contribution in [3.63, 3.8) is 0 Å². The standard InChI is InChI=1S/C16H18BrNO2/c1-11(18)16(14-5-3-4-6-15(14)17)20-13-9-7-12(19-2)8-10-13/h3-11,16H,18H2,1-2H3. The Kier molecular flexibility index (Phi) is 5.04. The Morgan fingerprint density at radius 3 is 2.15 bits per heavy atom. The molecule has 4 heteroatoms. The van der Waals surface area contributed by atoms with Crippen LogP contribution in [0.4, 0.5) is 0 Å². The lowest BCUT2D eigenvalue weighted by molar-refractivity contribution is 0.179. The van der Waals surface area contributed by atoms with Crippen molar-refractivity contribution in [2.24, 2.45) is 5.73 Å². The quantitative estimate of drug-likeness (QED) is 0.900. The molecule has 0 amide bonds. The minimum Gasteiger partial charge on any atom is -0.497 e. The molecule has 0 spiro atoms. The lowest BCUT2D eigenvalue weighted by Crippen LogP contribution is -2.29. The predicted octanol–water partition coefficient (Wildman–Crippen LogP) is 3.93. The molecule has 2 atom stereocenters. The molecule has 2 aromatic rings. The second kappa shape index (κ2) is 6.77. The summed E-state index contributed by atoms with van der Waals surface area (Å²) in [5.74, 6) is 1.57. The van der Waals surface area contributed by atoms with Crippen LogP contribution in [0, 0.1) is 0 Å². The Morgan fingerprint density at radius 1 is 1.00 bits per heavy atom. The maximum absolute atomic E-state index is 6.07. The molecule has 0 aliphatic rings. The Labute approximate surface area is 127 Å². The van der Waals surface area contributed by atoms with Gasteiger partial charge in [0.1, 0.15) is 17.6 Å². The summed E-state index contributed by atoms with van der Waals surface area (Å²) >= 11 is 3.55. The summed E-state index contributed by atoms with van der Waals surface area (Å²) in [5.41, 5.74) is 7.11. The van der Waals surface area contributed by atoms with E-state index in [0.717, 1.165) is 21.5 Å². The lowest BCUT2D eigenvalue weighted by atomic mass is 10.0. The first-order valence-electron chi connectivity index (χ1n) is 6.42. The van der Waals surface area contributed by atoms with Crippen molar-refractivity contribution in [2.45, 2.75) is 19.1 Å². The number of ether oxygens (including phenoxy) is 2. The van der Waals surface area contributed by atoms with Gasteiger partial charge in [-0.3, -0.25) is 0 Å². The van der Waals surface area contributed by atoms with E-state index in [9.17, 15) is 0 Å². The first kappa shape index (κ1) is 14.9. The summed E-state index contributed by atoms with van der Waals surface area (Å²) in [4.78, 5) is 0. The number of rotatable bonds is 5. The molecule has 0 aliphatic heterocycles. The number of methoxy groups -OCH3 is 1. The van der Waals surface area contributed by atoms with Gasteiger partial charge in [0.2, 0.25) is 0 Å². The maximum Gasteiger partial charge on any atom is 0.140 e. The highest BCUT2D eigenvalue weighted by molar-refractivity contribution is 9.10. The third-order valence-electron chi connectivity index (χ3n) is 3.01. The predicted molar refractivity (Wildman–Crippen MR) is 84.2 cm³/mol. The van der Waals surface area contributed by atoms with Crippen LogP contribution >= 0.6 is 15.9 Å². The smallest absolute Gasteiger partial charge is 0.140 e. The Hall–Kier alpha value is -1.52. The molecule has 0 fully saturated rings. The molecule has 0 aromatic heterocycles. The molecular weight excluding hydrogens is 318 g/mol. The van der Waals surface area contributed by atoms with E-state index in [1.54, 1.807) is 7.11 Å². The Morgan fingerprint density at radius 2 is 1.60 bits per heavy atom. The first-order valence-corrected chi connectivity index (χ1v) is 7.22. The molecule has 2 N–H and O–H groups in total. The van der Waals surface area contributed by atoms with Crippen LogP contribution in [-0.4, -0.2) is 13.2 Å². The lowest BCUT2D eigenvalue weighted by Gasteiger charge is -2.24. The summed E-state index contributed by atoms with van der Waals surface area (Å²) in [6.45, 7) is 1.94. The highest BCUT2D eigenvalue weighted by atomic mass is 79.9. The van der Waals surface area contributed by atoms with E-state index >= 15 is 0 Å². The van der Waals surface area contributed by atoms with Gasteiger partial charge in [0.15, 0.2) is 0 Å². The normalized spacial score (nSPS) is 13.6. The van der Waals surface area contributed by atoms with Crippen LogP contribution < -0.4 is 15.2 Å². The average molecular weight is 336 g/mol. The molecule has 0 bridgehead atoms. The van der Waals surface area contributed by atoms with Crippen LogP contribution in [0.2, 0.25) is 0 Å². The zero-order chi connectivity index (χ0) is 14.5. The van der Waals surface area contributed by atoms with Crippen LogP contribution in [0.3, 0.4) is 0 Å². The number of benzene rings is 2. The second-order valence-corrected chi connectivity index (χ2v) is 5.45. The molecule has 0 aliphatic carbocycles. The van der Waals surface area contributed by atoms with E-state index < -0.39 is 0 Å². The van der Waals surface area contributed by atoms with Crippen molar-refractivity contribution >= 4 is 15.9 Å².